The molecule has 11 rings (SSSR count). The highest BCUT2D eigenvalue weighted by Gasteiger charge is 2.24. The number of hydrogen-bond donors (Lipinski definition) is 0. The van der Waals surface area contributed by atoms with Crippen molar-refractivity contribution in [2.45, 2.75) is 0 Å². The minimum atomic E-state index is 0.531. The molecule has 4 heteroatoms. The molecule has 3 heterocycles. The summed E-state index contributed by atoms with van der Waals surface area (Å²) in [4.78, 5) is 10.9. The summed E-state index contributed by atoms with van der Waals surface area (Å²) in [5.41, 5.74) is 6.04. The van der Waals surface area contributed by atoms with Gasteiger partial charge in [0.05, 0.1) is 11.0 Å². The molecule has 8 aromatic carbocycles. The number of aromatic nitrogens is 3. The zero-order chi connectivity index (χ0) is 31.3. The predicted octanol–water partition coefficient (Wildman–Crippen LogP) is 11.8. The third kappa shape index (κ3) is 3.43. The van der Waals surface area contributed by atoms with E-state index in [1.165, 1.54) is 48.5 Å². The lowest BCUT2D eigenvalue weighted by atomic mass is 9.91. The summed E-state index contributed by atoms with van der Waals surface area (Å²) in [6.07, 6.45) is 0. The molecule has 3 aromatic heterocycles. The van der Waals surface area contributed by atoms with Gasteiger partial charge in [-0.05, 0) is 73.4 Å². The molecular formula is C44H25N3O. The lowest BCUT2D eigenvalue weighted by Gasteiger charge is -2.17. The largest absolute Gasteiger partial charge is 0.436 e. The van der Waals surface area contributed by atoms with Crippen LogP contribution in [0, 0.1) is 0 Å². The minimum Gasteiger partial charge on any atom is -0.436 e. The molecule has 0 aliphatic rings. The van der Waals surface area contributed by atoms with Gasteiger partial charge in [-0.2, -0.15) is 0 Å². The molecule has 0 atom stereocenters. The number of nitrogens with zero attached hydrogens (tertiary/aromatic N) is 3. The van der Waals surface area contributed by atoms with E-state index in [9.17, 15) is 0 Å². The van der Waals surface area contributed by atoms with Crippen molar-refractivity contribution < 1.29 is 4.42 Å². The highest BCUT2D eigenvalue weighted by atomic mass is 16.3. The second-order valence-corrected chi connectivity index (χ2v) is 12.5. The summed E-state index contributed by atoms with van der Waals surface area (Å²) in [6, 6.07) is 53.8. The molecule has 0 amide bonds. The van der Waals surface area contributed by atoms with Crippen molar-refractivity contribution in [3.63, 3.8) is 0 Å². The molecule has 0 aliphatic heterocycles. The van der Waals surface area contributed by atoms with Crippen molar-refractivity contribution >= 4 is 87.1 Å². The Morgan fingerprint density at radius 1 is 0.438 bits per heavy atom. The van der Waals surface area contributed by atoms with Crippen molar-refractivity contribution in [1.82, 2.24) is 14.5 Å². The quantitative estimate of drug-likeness (QED) is 0.183. The van der Waals surface area contributed by atoms with Crippen LogP contribution < -0.4 is 0 Å². The van der Waals surface area contributed by atoms with E-state index in [0.717, 1.165) is 50.0 Å². The third-order valence-corrected chi connectivity index (χ3v) is 9.97. The molecule has 48 heavy (non-hydrogen) atoms. The number of benzene rings is 8. The first-order valence-corrected chi connectivity index (χ1v) is 16.3. The second kappa shape index (κ2) is 9.50. The first-order chi connectivity index (χ1) is 23.8. The van der Waals surface area contributed by atoms with E-state index < -0.39 is 0 Å². The van der Waals surface area contributed by atoms with E-state index in [1.807, 2.05) is 18.2 Å². The fourth-order valence-corrected chi connectivity index (χ4v) is 7.89. The van der Waals surface area contributed by atoms with Crippen molar-refractivity contribution in [1.29, 1.82) is 0 Å². The van der Waals surface area contributed by atoms with Gasteiger partial charge < -0.3 is 4.42 Å². The second-order valence-electron chi connectivity index (χ2n) is 12.5. The summed E-state index contributed by atoms with van der Waals surface area (Å²) in [5.74, 6) is 0.778. The van der Waals surface area contributed by atoms with Crippen molar-refractivity contribution in [2.75, 3.05) is 0 Å². The first-order valence-electron chi connectivity index (χ1n) is 16.3. The van der Waals surface area contributed by atoms with Gasteiger partial charge in [0, 0.05) is 21.7 Å². The molecule has 0 radical (unpaired) electrons. The Bertz CT molecular complexity index is 3090. The van der Waals surface area contributed by atoms with Crippen LogP contribution in [-0.2, 0) is 0 Å². The molecule has 0 saturated heterocycles. The van der Waals surface area contributed by atoms with Gasteiger partial charge in [0.2, 0.25) is 5.71 Å². The number of rotatable bonds is 2. The van der Waals surface area contributed by atoms with Crippen LogP contribution in [-0.4, -0.2) is 14.5 Å². The van der Waals surface area contributed by atoms with Crippen molar-refractivity contribution in [3.05, 3.63) is 152 Å². The molecule has 222 valence electrons. The van der Waals surface area contributed by atoms with Gasteiger partial charge >= 0.3 is 0 Å². The smallest absolute Gasteiger partial charge is 0.247 e. The number of hydrogen-bond acceptors (Lipinski definition) is 3. The van der Waals surface area contributed by atoms with Crippen LogP contribution in [0.3, 0.4) is 0 Å². The summed E-state index contributed by atoms with van der Waals surface area (Å²) in [6.45, 7) is 0. The lowest BCUT2D eigenvalue weighted by molar-refractivity contribution is 0.653. The van der Waals surface area contributed by atoms with Crippen molar-refractivity contribution in [3.8, 4) is 17.1 Å². The summed E-state index contributed by atoms with van der Waals surface area (Å²) in [7, 11) is 0. The normalized spacial score (nSPS) is 12.2. The molecule has 4 nitrogen and oxygen atoms in total. The topological polar surface area (TPSA) is 43.9 Å². The average molecular weight is 612 g/mol. The zero-order valence-corrected chi connectivity index (χ0v) is 25.7. The molecule has 0 saturated carbocycles. The molecule has 0 N–H and O–H groups in total. The zero-order valence-electron chi connectivity index (χ0n) is 25.7. The van der Waals surface area contributed by atoms with E-state index >= 15 is 0 Å². The van der Waals surface area contributed by atoms with Gasteiger partial charge in [-0.15, -0.1) is 0 Å². The standard InChI is InChI=1S/C44H25N3O/c1-2-13-27-25-38-36(24-26(27)12-1)31-17-7-9-22-37(31)47(38)43-41(46-44-42(45-43)34-19-8-10-23-39(34)48-44)35-21-11-20-33-30-15-4-3-14-28(30)29-16-5-6-18-32(29)40(33)35/h1-25H. The number of furan rings is 1. The Morgan fingerprint density at radius 3 is 1.79 bits per heavy atom. The van der Waals surface area contributed by atoms with Gasteiger partial charge in [-0.1, -0.05) is 121 Å². The van der Waals surface area contributed by atoms with Gasteiger partial charge in [0.1, 0.15) is 16.8 Å². The monoisotopic (exact) mass is 611 g/mol. The Labute approximate surface area is 274 Å². The van der Waals surface area contributed by atoms with E-state index in [-0.39, 0.29) is 0 Å². The summed E-state index contributed by atoms with van der Waals surface area (Å²) < 4.78 is 8.71. The molecule has 0 unspecified atom stereocenters. The SMILES string of the molecule is c1ccc2cc3c(cc2c1)c1ccccc1n3-c1nc2c(nc1-c1cccc3c4ccccc4c4ccccc4c13)oc1ccccc12. The van der Waals surface area contributed by atoms with E-state index in [4.69, 9.17) is 14.4 Å². The maximum atomic E-state index is 6.41. The molecule has 0 bridgehead atoms. The van der Waals surface area contributed by atoms with Crippen molar-refractivity contribution in [2.24, 2.45) is 0 Å². The molecule has 11 aromatic rings. The van der Waals surface area contributed by atoms with E-state index in [1.54, 1.807) is 0 Å². The maximum absolute atomic E-state index is 6.41. The highest BCUT2D eigenvalue weighted by Crippen LogP contribution is 2.43. The van der Waals surface area contributed by atoms with E-state index in [0.29, 0.717) is 5.71 Å². The Kier molecular flexibility index (Phi) is 5.08. The molecule has 0 spiro atoms. The molecule has 0 fully saturated rings. The lowest BCUT2D eigenvalue weighted by Crippen LogP contribution is -2.03. The fourth-order valence-electron chi connectivity index (χ4n) is 7.89. The Balaban J connectivity index is 1.36. The van der Waals surface area contributed by atoms with Gasteiger partial charge in [-0.3, -0.25) is 4.57 Å². The third-order valence-electron chi connectivity index (χ3n) is 9.97. The van der Waals surface area contributed by atoms with Gasteiger partial charge in [-0.25, -0.2) is 9.97 Å². The molecule has 0 aliphatic carbocycles. The van der Waals surface area contributed by atoms with Crippen LogP contribution in [0.25, 0.3) is 104 Å². The van der Waals surface area contributed by atoms with Gasteiger partial charge in [0.25, 0.3) is 0 Å². The fraction of sp³-hybridized carbons (Fsp3) is 0. The predicted molar refractivity (Wildman–Crippen MR) is 199 cm³/mol. The summed E-state index contributed by atoms with van der Waals surface area (Å²) in [5, 5.41) is 12.9. The Morgan fingerprint density at radius 2 is 1.02 bits per heavy atom. The van der Waals surface area contributed by atoms with Crippen LogP contribution in [0.1, 0.15) is 0 Å². The van der Waals surface area contributed by atoms with Crippen LogP contribution in [0.2, 0.25) is 0 Å². The minimum absolute atomic E-state index is 0.531. The highest BCUT2D eigenvalue weighted by molar-refractivity contribution is 6.28. The van der Waals surface area contributed by atoms with Crippen LogP contribution >= 0.6 is 0 Å². The first kappa shape index (κ1) is 25.6. The molecular weight excluding hydrogens is 587 g/mol. The Hall–Kier alpha value is -6.52. The summed E-state index contributed by atoms with van der Waals surface area (Å²) >= 11 is 0. The maximum Gasteiger partial charge on any atom is 0.247 e. The number of fused-ring (bicyclic) bond motifs is 13. The van der Waals surface area contributed by atoms with Gasteiger partial charge in [0.15, 0.2) is 5.82 Å². The van der Waals surface area contributed by atoms with E-state index in [2.05, 4.69) is 138 Å². The van der Waals surface area contributed by atoms with Crippen LogP contribution in [0.4, 0.5) is 0 Å². The number of para-hydroxylation sites is 2. The average Bonchev–Trinajstić information content (AvgIpc) is 3.67. The van der Waals surface area contributed by atoms with Crippen LogP contribution in [0.15, 0.2) is 156 Å². The van der Waals surface area contributed by atoms with Crippen LogP contribution in [0.5, 0.6) is 0 Å².